The molecule has 0 spiro atoms. The molecule has 1 atom stereocenters. The van der Waals surface area contributed by atoms with Crippen LogP contribution in [0.5, 0.6) is 5.75 Å². The Hall–Kier alpha value is -2.83. The van der Waals surface area contributed by atoms with Gasteiger partial charge in [-0.1, -0.05) is 51.3 Å². The third kappa shape index (κ3) is 4.20. The predicted octanol–water partition coefficient (Wildman–Crippen LogP) is 5.17. The number of rotatable bonds is 7. The number of methoxy groups -OCH3 is 1. The fraction of sp³-hybridized carbons (Fsp3) is 0.522. The summed E-state index contributed by atoms with van der Waals surface area (Å²) >= 11 is 0. The second-order valence-electron chi connectivity index (χ2n) is 8.45. The summed E-state index contributed by atoms with van der Waals surface area (Å²) in [6.07, 6.45) is 8.09. The monoisotopic (exact) mass is 408 g/mol. The van der Waals surface area contributed by atoms with Gasteiger partial charge in [0.2, 0.25) is 11.9 Å². The fourth-order valence-corrected chi connectivity index (χ4v) is 4.18. The molecule has 0 unspecified atom stereocenters. The lowest BCUT2D eigenvalue weighted by molar-refractivity contribution is 0.408. The molecule has 1 aliphatic carbocycles. The molecule has 0 aliphatic heterocycles. The van der Waals surface area contributed by atoms with E-state index in [1.807, 2.05) is 28.9 Å². The van der Waals surface area contributed by atoms with Crippen LogP contribution in [0.15, 0.2) is 30.5 Å². The molecule has 2 heterocycles. The molecule has 1 aromatic carbocycles. The summed E-state index contributed by atoms with van der Waals surface area (Å²) < 4.78 is 7.36. The van der Waals surface area contributed by atoms with Crippen molar-refractivity contribution in [1.82, 2.24) is 19.6 Å². The summed E-state index contributed by atoms with van der Waals surface area (Å²) in [7, 11) is 1.70. The van der Waals surface area contributed by atoms with Crippen molar-refractivity contribution in [3.05, 3.63) is 41.6 Å². The van der Waals surface area contributed by atoms with Gasteiger partial charge in [0, 0.05) is 17.2 Å². The molecule has 0 radical (unpaired) electrons. The summed E-state index contributed by atoms with van der Waals surface area (Å²) in [6.45, 7) is 6.43. The van der Waals surface area contributed by atoms with Crippen LogP contribution in [-0.4, -0.2) is 32.7 Å². The SMILES string of the molecule is COc1ccccc1[C@H](C)Nc1nc(NC2CCCCC2)nc2c(C(C)C)cnn12. The average Bonchev–Trinajstić information content (AvgIpc) is 3.19. The summed E-state index contributed by atoms with van der Waals surface area (Å²) in [6, 6.07) is 8.47. The standard InChI is InChI=1S/C23H32N6O/c1-15(2)19-14-24-29-21(19)27-22(26-17-10-6-5-7-11-17)28-23(29)25-16(3)18-12-8-9-13-20(18)30-4/h8-9,12-17H,5-7,10-11H2,1-4H3,(H2,25,26,27,28)/t16-/m0/s1. The number of benzene rings is 1. The molecule has 30 heavy (non-hydrogen) atoms. The molecule has 0 bridgehead atoms. The van der Waals surface area contributed by atoms with Crippen LogP contribution in [0.2, 0.25) is 0 Å². The fourth-order valence-electron chi connectivity index (χ4n) is 4.18. The van der Waals surface area contributed by atoms with Crippen molar-refractivity contribution in [2.24, 2.45) is 0 Å². The van der Waals surface area contributed by atoms with Gasteiger partial charge >= 0.3 is 0 Å². The maximum Gasteiger partial charge on any atom is 0.229 e. The topological polar surface area (TPSA) is 76.4 Å². The minimum absolute atomic E-state index is 0.00604. The molecule has 160 valence electrons. The number of nitrogens with zero attached hydrogens (tertiary/aromatic N) is 4. The largest absolute Gasteiger partial charge is 0.496 e. The normalized spacial score (nSPS) is 16.0. The van der Waals surface area contributed by atoms with Gasteiger partial charge < -0.3 is 15.4 Å². The number of ether oxygens (including phenoxy) is 1. The number of anilines is 2. The molecule has 1 fully saturated rings. The van der Waals surface area contributed by atoms with Crippen LogP contribution in [0.1, 0.15) is 76.0 Å². The molecule has 0 amide bonds. The number of hydrogen-bond donors (Lipinski definition) is 2. The first-order valence-electron chi connectivity index (χ1n) is 11.0. The van der Waals surface area contributed by atoms with E-state index >= 15 is 0 Å². The molecule has 2 aromatic heterocycles. The number of aromatic nitrogens is 4. The van der Waals surface area contributed by atoms with Crippen molar-refractivity contribution in [1.29, 1.82) is 0 Å². The average molecular weight is 409 g/mol. The number of hydrogen-bond acceptors (Lipinski definition) is 6. The third-order valence-electron chi connectivity index (χ3n) is 5.91. The molecule has 7 heteroatoms. The molecule has 0 saturated heterocycles. The first-order chi connectivity index (χ1) is 14.6. The Morgan fingerprint density at radius 2 is 1.80 bits per heavy atom. The van der Waals surface area contributed by atoms with Gasteiger partial charge in [0.15, 0.2) is 5.65 Å². The van der Waals surface area contributed by atoms with Gasteiger partial charge in [-0.05, 0) is 31.7 Å². The highest BCUT2D eigenvalue weighted by molar-refractivity contribution is 5.56. The highest BCUT2D eigenvalue weighted by atomic mass is 16.5. The van der Waals surface area contributed by atoms with Crippen molar-refractivity contribution >= 4 is 17.5 Å². The van der Waals surface area contributed by atoms with Gasteiger partial charge in [0.25, 0.3) is 0 Å². The summed E-state index contributed by atoms with van der Waals surface area (Å²) in [5.74, 6) is 2.54. The van der Waals surface area contributed by atoms with Crippen LogP contribution in [-0.2, 0) is 0 Å². The summed E-state index contributed by atoms with van der Waals surface area (Å²) in [5, 5.41) is 11.7. The van der Waals surface area contributed by atoms with Gasteiger partial charge in [-0.2, -0.15) is 19.6 Å². The zero-order valence-corrected chi connectivity index (χ0v) is 18.4. The number of fused-ring (bicyclic) bond motifs is 1. The van der Waals surface area contributed by atoms with Crippen molar-refractivity contribution in [2.75, 3.05) is 17.7 Å². The van der Waals surface area contributed by atoms with Gasteiger partial charge in [-0.25, -0.2) is 0 Å². The Bertz CT molecular complexity index is 993. The van der Waals surface area contributed by atoms with Crippen molar-refractivity contribution < 1.29 is 4.74 Å². The Morgan fingerprint density at radius 3 is 2.53 bits per heavy atom. The van der Waals surface area contributed by atoms with Crippen LogP contribution in [0.3, 0.4) is 0 Å². The Balaban J connectivity index is 1.69. The lowest BCUT2D eigenvalue weighted by Gasteiger charge is -2.23. The maximum atomic E-state index is 5.54. The molecular formula is C23H32N6O. The minimum atomic E-state index is -0.00604. The van der Waals surface area contributed by atoms with E-state index in [1.54, 1.807) is 7.11 Å². The van der Waals surface area contributed by atoms with Crippen molar-refractivity contribution in [3.63, 3.8) is 0 Å². The van der Waals surface area contributed by atoms with E-state index in [0.717, 1.165) is 22.5 Å². The highest BCUT2D eigenvalue weighted by Gasteiger charge is 2.20. The van der Waals surface area contributed by atoms with Crippen LogP contribution < -0.4 is 15.4 Å². The van der Waals surface area contributed by atoms with Crippen LogP contribution in [0.4, 0.5) is 11.9 Å². The second kappa shape index (κ2) is 8.90. The Morgan fingerprint density at radius 1 is 1.03 bits per heavy atom. The first-order valence-corrected chi connectivity index (χ1v) is 11.0. The molecule has 2 N–H and O–H groups in total. The molecular weight excluding hydrogens is 376 g/mol. The zero-order chi connectivity index (χ0) is 21.1. The second-order valence-corrected chi connectivity index (χ2v) is 8.45. The van der Waals surface area contributed by atoms with Crippen LogP contribution >= 0.6 is 0 Å². The lowest BCUT2D eigenvalue weighted by atomic mass is 9.96. The Labute approximate surface area is 178 Å². The quantitative estimate of drug-likeness (QED) is 0.561. The van der Waals surface area contributed by atoms with Gasteiger partial charge in [0.05, 0.1) is 19.3 Å². The van der Waals surface area contributed by atoms with Crippen LogP contribution in [0.25, 0.3) is 5.65 Å². The molecule has 1 saturated carbocycles. The zero-order valence-electron chi connectivity index (χ0n) is 18.4. The summed E-state index contributed by atoms with van der Waals surface area (Å²) in [5.41, 5.74) is 3.05. The van der Waals surface area contributed by atoms with Gasteiger partial charge in [0.1, 0.15) is 5.75 Å². The van der Waals surface area contributed by atoms with Crippen molar-refractivity contribution in [2.45, 2.75) is 70.9 Å². The van der Waals surface area contributed by atoms with E-state index in [0.29, 0.717) is 23.9 Å². The van der Waals surface area contributed by atoms with E-state index in [4.69, 9.17) is 14.7 Å². The van der Waals surface area contributed by atoms with E-state index in [-0.39, 0.29) is 6.04 Å². The van der Waals surface area contributed by atoms with E-state index < -0.39 is 0 Å². The minimum Gasteiger partial charge on any atom is -0.496 e. The molecule has 4 rings (SSSR count). The lowest BCUT2D eigenvalue weighted by Crippen LogP contribution is -2.24. The summed E-state index contributed by atoms with van der Waals surface area (Å²) in [4.78, 5) is 9.65. The molecule has 3 aromatic rings. The van der Waals surface area contributed by atoms with E-state index in [9.17, 15) is 0 Å². The number of para-hydroxylation sites is 1. The Kier molecular flexibility index (Phi) is 6.06. The van der Waals surface area contributed by atoms with Crippen LogP contribution in [0, 0.1) is 0 Å². The smallest absolute Gasteiger partial charge is 0.229 e. The van der Waals surface area contributed by atoms with E-state index in [2.05, 4.69) is 42.6 Å². The molecule has 7 nitrogen and oxygen atoms in total. The third-order valence-corrected chi connectivity index (χ3v) is 5.91. The number of nitrogens with one attached hydrogen (secondary N) is 2. The maximum absolute atomic E-state index is 5.54. The van der Waals surface area contributed by atoms with E-state index in [1.165, 1.54) is 32.1 Å². The predicted molar refractivity (Wildman–Crippen MR) is 120 cm³/mol. The first kappa shape index (κ1) is 20.4. The van der Waals surface area contributed by atoms with Gasteiger partial charge in [-0.3, -0.25) is 0 Å². The molecule has 1 aliphatic rings. The van der Waals surface area contributed by atoms with Crippen molar-refractivity contribution in [3.8, 4) is 5.75 Å². The van der Waals surface area contributed by atoms with Gasteiger partial charge in [-0.15, -0.1) is 0 Å². The highest BCUT2D eigenvalue weighted by Crippen LogP contribution is 2.29.